The quantitative estimate of drug-likeness (QED) is 0.407. The maximum absolute atomic E-state index is 8.24. The van der Waals surface area contributed by atoms with Gasteiger partial charge in [0, 0.05) is 5.56 Å². The average molecular weight is 385 g/mol. The van der Waals surface area contributed by atoms with E-state index >= 15 is 0 Å². The highest BCUT2D eigenvalue weighted by Crippen LogP contribution is 2.07. The highest BCUT2D eigenvalue weighted by molar-refractivity contribution is 6.69. The molecular formula is C18H22Cl2N2O3. The van der Waals surface area contributed by atoms with Crippen molar-refractivity contribution < 1.29 is 14.7 Å². The first-order chi connectivity index (χ1) is 11.8. The van der Waals surface area contributed by atoms with Gasteiger partial charge in [-0.3, -0.25) is 4.29 Å². The number of hydrogen-bond acceptors (Lipinski definition) is 5. The van der Waals surface area contributed by atoms with Crippen molar-refractivity contribution in [3.63, 3.8) is 0 Å². The molecule has 0 aromatic heterocycles. The molecule has 0 aliphatic carbocycles. The molecule has 0 bridgehead atoms. The molecule has 2 aromatic rings. The average Bonchev–Trinajstić information content (AvgIpc) is 2.63. The Bertz CT molecular complexity index is 628. The second-order valence-electron chi connectivity index (χ2n) is 5.60. The Morgan fingerprint density at radius 2 is 1.40 bits per heavy atom. The fraction of sp³-hybridized carbons (Fsp3) is 0.222. The highest BCUT2D eigenvalue weighted by Gasteiger charge is 2.06. The van der Waals surface area contributed by atoms with Crippen LogP contribution in [-0.4, -0.2) is 27.4 Å². The van der Waals surface area contributed by atoms with Gasteiger partial charge in [0.05, 0.1) is 23.7 Å². The summed E-state index contributed by atoms with van der Waals surface area (Å²) < 4.78 is 4.41. The topological polar surface area (TPSA) is 74.4 Å². The number of benzene rings is 2. The molecule has 7 heteroatoms. The van der Waals surface area contributed by atoms with Gasteiger partial charge in [-0.15, -0.1) is 0 Å². The fourth-order valence-corrected chi connectivity index (χ4v) is 1.37. The van der Waals surface area contributed by atoms with Crippen LogP contribution in [0.15, 0.2) is 71.0 Å². The van der Waals surface area contributed by atoms with E-state index in [9.17, 15) is 0 Å². The lowest BCUT2D eigenvalue weighted by Gasteiger charge is -2.10. The van der Waals surface area contributed by atoms with Gasteiger partial charge in [-0.1, -0.05) is 82.6 Å². The number of nitrogens with zero attached hydrogens (tertiary/aromatic N) is 2. The molecule has 136 valence electrons. The van der Waals surface area contributed by atoms with Crippen LogP contribution < -0.4 is 0 Å². The van der Waals surface area contributed by atoms with Crippen LogP contribution in [0, 0.1) is 0 Å². The Kier molecular flexibility index (Phi) is 12.1. The molecule has 0 saturated heterocycles. The summed E-state index contributed by atoms with van der Waals surface area (Å²) in [6, 6.07) is 18.4. The first-order valence-corrected chi connectivity index (χ1v) is 7.98. The molecule has 0 aliphatic heterocycles. The summed E-state index contributed by atoms with van der Waals surface area (Å²) in [5.41, 5.74) is 1.42. The van der Waals surface area contributed by atoms with Crippen molar-refractivity contribution in [1.29, 1.82) is 0 Å². The molecule has 0 aliphatic rings. The summed E-state index contributed by atoms with van der Waals surface area (Å²) in [5, 5.41) is 22.2. The molecule has 0 heterocycles. The monoisotopic (exact) mass is 384 g/mol. The maximum Gasteiger partial charge on any atom is 0.175 e. The van der Waals surface area contributed by atoms with E-state index in [1.165, 1.54) is 6.21 Å². The van der Waals surface area contributed by atoms with Gasteiger partial charge in [0.2, 0.25) is 0 Å². The van der Waals surface area contributed by atoms with Gasteiger partial charge in [-0.25, -0.2) is 0 Å². The molecule has 2 aromatic carbocycles. The number of hydrogen-bond donors (Lipinski definition) is 2. The summed E-state index contributed by atoms with van der Waals surface area (Å²) in [6.45, 7) is 5.67. The summed E-state index contributed by atoms with van der Waals surface area (Å²) in [7, 11) is 0. The van der Waals surface area contributed by atoms with E-state index in [0.29, 0.717) is 5.56 Å². The SMILES string of the molecule is CC(C)(C)OCl.O/N=C(/Cl)c1ccccc1.O/N=C\c1ccccc1. The predicted molar refractivity (Wildman–Crippen MR) is 103 cm³/mol. The molecule has 0 atom stereocenters. The van der Waals surface area contributed by atoms with Crippen molar-refractivity contribution in [3.05, 3.63) is 71.8 Å². The third kappa shape index (κ3) is 12.9. The molecule has 0 unspecified atom stereocenters. The van der Waals surface area contributed by atoms with E-state index in [0.717, 1.165) is 5.56 Å². The van der Waals surface area contributed by atoms with Gasteiger partial charge >= 0.3 is 0 Å². The third-order valence-corrected chi connectivity index (χ3v) is 3.09. The second-order valence-corrected chi connectivity index (χ2v) is 6.11. The summed E-state index contributed by atoms with van der Waals surface area (Å²) in [5.74, 6) is 0. The van der Waals surface area contributed by atoms with Crippen LogP contribution in [0.25, 0.3) is 0 Å². The van der Waals surface area contributed by atoms with Crippen LogP contribution >= 0.6 is 23.5 Å². The predicted octanol–water partition coefficient (Wildman–Crippen LogP) is 5.51. The molecule has 0 saturated carbocycles. The molecule has 2 N–H and O–H groups in total. The van der Waals surface area contributed by atoms with E-state index < -0.39 is 0 Å². The van der Waals surface area contributed by atoms with Crippen LogP contribution in [0.2, 0.25) is 0 Å². The smallest absolute Gasteiger partial charge is 0.175 e. The van der Waals surface area contributed by atoms with E-state index in [1.54, 1.807) is 12.1 Å². The highest BCUT2D eigenvalue weighted by atomic mass is 35.5. The lowest BCUT2D eigenvalue weighted by Crippen LogP contribution is -2.12. The fourth-order valence-electron chi connectivity index (χ4n) is 1.24. The number of oxime groups is 2. The van der Waals surface area contributed by atoms with Gasteiger partial charge in [0.15, 0.2) is 5.17 Å². The molecule has 0 fully saturated rings. The Labute approximate surface area is 158 Å². The minimum Gasteiger partial charge on any atom is -0.411 e. The second kappa shape index (κ2) is 13.2. The summed E-state index contributed by atoms with van der Waals surface area (Å²) in [6.07, 6.45) is 1.39. The lowest BCUT2D eigenvalue weighted by atomic mass is 10.2. The third-order valence-electron chi connectivity index (χ3n) is 2.34. The first kappa shape index (κ1) is 22.9. The molecule has 0 radical (unpaired) electrons. The van der Waals surface area contributed by atoms with Gasteiger partial charge < -0.3 is 10.4 Å². The van der Waals surface area contributed by atoms with Crippen LogP contribution in [0.5, 0.6) is 0 Å². The lowest BCUT2D eigenvalue weighted by molar-refractivity contribution is 0.148. The number of halogens is 2. The van der Waals surface area contributed by atoms with E-state index in [-0.39, 0.29) is 10.8 Å². The van der Waals surface area contributed by atoms with Crippen LogP contribution in [-0.2, 0) is 4.29 Å². The Balaban J connectivity index is 0.000000358. The van der Waals surface area contributed by atoms with E-state index in [4.69, 9.17) is 33.9 Å². The minimum atomic E-state index is -0.193. The molecule has 0 amide bonds. The standard InChI is InChI=1S/C7H6ClNO.C7H7NO.C4H9ClO/c8-7(9-10)6-4-2-1-3-5-6;9-8-6-7-4-2-1-3-5-7;1-4(2,3)6-5/h1-5,10H;1-6,9H;1-3H3/b9-7+;8-6-;. The van der Waals surface area contributed by atoms with Gasteiger partial charge in [0.25, 0.3) is 0 Å². The largest absolute Gasteiger partial charge is 0.411 e. The van der Waals surface area contributed by atoms with Crippen molar-refractivity contribution >= 4 is 34.9 Å². The first-order valence-electron chi connectivity index (χ1n) is 7.29. The summed E-state index contributed by atoms with van der Waals surface area (Å²) in [4.78, 5) is 0. The van der Waals surface area contributed by atoms with Crippen molar-refractivity contribution in [2.24, 2.45) is 10.3 Å². The minimum absolute atomic E-state index is 0.112. The molecule has 25 heavy (non-hydrogen) atoms. The van der Waals surface area contributed by atoms with Crippen LogP contribution in [0.4, 0.5) is 0 Å². The number of rotatable bonds is 2. The molecule has 2 rings (SSSR count). The van der Waals surface area contributed by atoms with Crippen LogP contribution in [0.3, 0.4) is 0 Å². The van der Waals surface area contributed by atoms with Crippen LogP contribution in [0.1, 0.15) is 31.9 Å². The normalized spacial score (nSPS) is 11.2. The van der Waals surface area contributed by atoms with Gasteiger partial charge in [-0.05, 0) is 26.3 Å². The Morgan fingerprint density at radius 1 is 0.960 bits per heavy atom. The molecule has 5 nitrogen and oxygen atoms in total. The van der Waals surface area contributed by atoms with E-state index in [1.807, 2.05) is 69.3 Å². The zero-order chi connectivity index (χ0) is 19.1. The summed E-state index contributed by atoms with van der Waals surface area (Å²) >= 11 is 10.5. The van der Waals surface area contributed by atoms with E-state index in [2.05, 4.69) is 14.6 Å². The molecular weight excluding hydrogens is 363 g/mol. The van der Waals surface area contributed by atoms with Crippen molar-refractivity contribution in [2.45, 2.75) is 26.4 Å². The van der Waals surface area contributed by atoms with Gasteiger partial charge in [-0.2, -0.15) is 0 Å². The van der Waals surface area contributed by atoms with Crippen molar-refractivity contribution in [2.75, 3.05) is 0 Å². The Hall–Kier alpha value is -2.08. The maximum atomic E-state index is 8.24. The zero-order valence-electron chi connectivity index (χ0n) is 14.3. The molecule has 0 spiro atoms. The van der Waals surface area contributed by atoms with Crippen molar-refractivity contribution in [1.82, 2.24) is 0 Å². The van der Waals surface area contributed by atoms with Crippen molar-refractivity contribution in [3.8, 4) is 0 Å². The Morgan fingerprint density at radius 3 is 1.76 bits per heavy atom. The van der Waals surface area contributed by atoms with Gasteiger partial charge in [0.1, 0.15) is 0 Å². The zero-order valence-corrected chi connectivity index (χ0v) is 15.8.